The Kier molecular flexibility index (Phi) is 3.02. The number of hydrogen-bond acceptors (Lipinski definition) is 4. The van der Waals surface area contributed by atoms with Gasteiger partial charge in [0.15, 0.2) is 0 Å². The molecule has 1 N–H and O–H groups in total. The number of rotatable bonds is 2. The van der Waals surface area contributed by atoms with Gasteiger partial charge in [-0.2, -0.15) is 0 Å². The molecule has 0 radical (unpaired) electrons. The van der Waals surface area contributed by atoms with Gasteiger partial charge < -0.3 is 10.0 Å². The van der Waals surface area contributed by atoms with E-state index in [0.717, 1.165) is 25.1 Å². The van der Waals surface area contributed by atoms with E-state index < -0.39 is 10.5 Å². The van der Waals surface area contributed by atoms with Gasteiger partial charge in [0.2, 0.25) is 0 Å². The highest BCUT2D eigenvalue weighted by Gasteiger charge is 2.28. The van der Waals surface area contributed by atoms with E-state index in [4.69, 9.17) is 0 Å². The Morgan fingerprint density at radius 3 is 2.59 bits per heavy atom. The van der Waals surface area contributed by atoms with Crippen molar-refractivity contribution in [1.82, 2.24) is 0 Å². The van der Waals surface area contributed by atoms with Crippen LogP contribution in [0, 0.1) is 10.1 Å². The van der Waals surface area contributed by atoms with Gasteiger partial charge in [-0.15, -0.1) is 0 Å². The smallest absolute Gasteiger partial charge is 0.269 e. The summed E-state index contributed by atoms with van der Waals surface area (Å²) in [6.45, 7) is 3.28. The van der Waals surface area contributed by atoms with Gasteiger partial charge in [-0.3, -0.25) is 10.1 Å². The van der Waals surface area contributed by atoms with E-state index in [1.54, 1.807) is 12.1 Å². The summed E-state index contributed by atoms with van der Waals surface area (Å²) in [7, 11) is 0. The van der Waals surface area contributed by atoms with E-state index in [1.165, 1.54) is 12.1 Å². The Morgan fingerprint density at radius 2 is 2.06 bits per heavy atom. The summed E-state index contributed by atoms with van der Waals surface area (Å²) in [6.07, 6.45) is 1.74. The third-order valence-electron chi connectivity index (χ3n) is 3.10. The van der Waals surface area contributed by atoms with E-state index in [9.17, 15) is 15.2 Å². The summed E-state index contributed by atoms with van der Waals surface area (Å²) in [5.74, 6) is 0. The van der Waals surface area contributed by atoms with Gasteiger partial charge in [-0.25, -0.2) is 0 Å². The maximum absolute atomic E-state index is 10.5. The maximum Gasteiger partial charge on any atom is 0.269 e. The number of benzene rings is 1. The average Bonchev–Trinajstić information content (AvgIpc) is 2.28. The van der Waals surface area contributed by atoms with Crippen LogP contribution in [0.15, 0.2) is 24.3 Å². The zero-order valence-corrected chi connectivity index (χ0v) is 9.80. The average molecular weight is 236 g/mol. The van der Waals surface area contributed by atoms with E-state index >= 15 is 0 Å². The number of non-ortho nitro benzene ring substituents is 1. The molecule has 1 aromatic rings. The number of hydrogen-bond donors (Lipinski definition) is 1. The van der Waals surface area contributed by atoms with E-state index in [2.05, 4.69) is 4.90 Å². The van der Waals surface area contributed by atoms with Gasteiger partial charge in [0, 0.05) is 30.9 Å². The van der Waals surface area contributed by atoms with Crippen LogP contribution in [0.25, 0.3) is 0 Å². The first-order chi connectivity index (χ1) is 7.98. The molecule has 1 atom stereocenters. The first-order valence-electron chi connectivity index (χ1n) is 5.70. The Hall–Kier alpha value is -1.62. The standard InChI is InChI=1S/C12H16N2O3/c1-12(15)7-2-8-13(9-12)10-3-5-11(6-4-10)14(16)17/h3-6,15H,2,7-9H2,1H3. The summed E-state index contributed by atoms with van der Waals surface area (Å²) in [5.41, 5.74) is 0.355. The van der Waals surface area contributed by atoms with Crippen molar-refractivity contribution in [3.8, 4) is 0 Å². The van der Waals surface area contributed by atoms with Crippen LogP contribution in [0.1, 0.15) is 19.8 Å². The lowest BCUT2D eigenvalue weighted by Gasteiger charge is -2.38. The Balaban J connectivity index is 2.14. The van der Waals surface area contributed by atoms with Gasteiger partial charge >= 0.3 is 0 Å². The Morgan fingerprint density at radius 1 is 1.41 bits per heavy atom. The van der Waals surface area contributed by atoms with E-state index in [0.29, 0.717) is 6.54 Å². The molecule has 1 aliphatic heterocycles. The fraction of sp³-hybridized carbons (Fsp3) is 0.500. The topological polar surface area (TPSA) is 66.6 Å². The van der Waals surface area contributed by atoms with Gasteiger partial charge in [0.25, 0.3) is 5.69 Å². The van der Waals surface area contributed by atoms with Crippen LogP contribution in [0.5, 0.6) is 0 Å². The zero-order chi connectivity index (χ0) is 12.5. The lowest BCUT2D eigenvalue weighted by molar-refractivity contribution is -0.384. The van der Waals surface area contributed by atoms with Crippen LogP contribution in [-0.2, 0) is 0 Å². The first-order valence-corrected chi connectivity index (χ1v) is 5.70. The monoisotopic (exact) mass is 236 g/mol. The van der Waals surface area contributed by atoms with Crippen molar-refractivity contribution in [1.29, 1.82) is 0 Å². The van der Waals surface area contributed by atoms with E-state index in [1.807, 2.05) is 6.92 Å². The van der Waals surface area contributed by atoms with Gasteiger partial charge in [0.05, 0.1) is 10.5 Å². The summed E-state index contributed by atoms with van der Waals surface area (Å²) in [5, 5.41) is 20.5. The zero-order valence-electron chi connectivity index (χ0n) is 9.80. The molecular formula is C12H16N2O3. The molecule has 0 spiro atoms. The molecule has 1 heterocycles. The van der Waals surface area contributed by atoms with Crippen molar-refractivity contribution in [3.63, 3.8) is 0 Å². The predicted molar refractivity (Wildman–Crippen MR) is 65.2 cm³/mol. The van der Waals surface area contributed by atoms with Crippen molar-refractivity contribution in [2.24, 2.45) is 0 Å². The van der Waals surface area contributed by atoms with Crippen LogP contribution in [0.3, 0.4) is 0 Å². The molecular weight excluding hydrogens is 220 g/mol. The fourth-order valence-corrected chi connectivity index (χ4v) is 2.23. The molecule has 0 amide bonds. The Labute approximate surface area is 99.8 Å². The molecule has 1 aromatic carbocycles. The second kappa shape index (κ2) is 4.33. The van der Waals surface area contributed by atoms with Crippen molar-refractivity contribution >= 4 is 11.4 Å². The molecule has 1 aliphatic rings. The molecule has 17 heavy (non-hydrogen) atoms. The molecule has 1 fully saturated rings. The first kappa shape index (κ1) is 11.9. The number of aliphatic hydroxyl groups is 1. The Bertz CT molecular complexity index is 414. The molecule has 0 saturated carbocycles. The second-order valence-electron chi connectivity index (χ2n) is 4.80. The number of β-amino-alcohol motifs (C(OH)–C–C–N with tert-alkyl or cyclic N) is 1. The third kappa shape index (κ3) is 2.74. The minimum atomic E-state index is -0.667. The summed E-state index contributed by atoms with van der Waals surface area (Å²) < 4.78 is 0. The summed E-state index contributed by atoms with van der Waals surface area (Å²) >= 11 is 0. The van der Waals surface area contributed by atoms with Crippen molar-refractivity contribution in [2.45, 2.75) is 25.4 Å². The molecule has 1 unspecified atom stereocenters. The van der Waals surface area contributed by atoms with Crippen molar-refractivity contribution < 1.29 is 10.0 Å². The van der Waals surface area contributed by atoms with Gasteiger partial charge in [-0.05, 0) is 31.9 Å². The van der Waals surface area contributed by atoms with Crippen LogP contribution in [-0.4, -0.2) is 28.7 Å². The van der Waals surface area contributed by atoms with Crippen LogP contribution in [0.2, 0.25) is 0 Å². The van der Waals surface area contributed by atoms with Crippen LogP contribution < -0.4 is 4.90 Å². The summed E-state index contributed by atoms with van der Waals surface area (Å²) in [4.78, 5) is 12.2. The maximum atomic E-state index is 10.5. The minimum absolute atomic E-state index is 0.0949. The number of nitro groups is 1. The lowest BCUT2D eigenvalue weighted by atomic mass is 9.95. The minimum Gasteiger partial charge on any atom is -0.388 e. The van der Waals surface area contributed by atoms with Crippen molar-refractivity contribution in [2.75, 3.05) is 18.0 Å². The van der Waals surface area contributed by atoms with Gasteiger partial charge in [-0.1, -0.05) is 0 Å². The SMILES string of the molecule is CC1(O)CCCN(c2ccc([N+](=O)[O-])cc2)C1. The fourth-order valence-electron chi connectivity index (χ4n) is 2.23. The quantitative estimate of drug-likeness (QED) is 0.629. The number of anilines is 1. The molecule has 0 aromatic heterocycles. The van der Waals surface area contributed by atoms with Crippen LogP contribution in [0.4, 0.5) is 11.4 Å². The van der Waals surface area contributed by atoms with Gasteiger partial charge in [0.1, 0.15) is 0 Å². The molecule has 2 rings (SSSR count). The molecule has 5 heteroatoms. The van der Waals surface area contributed by atoms with Crippen molar-refractivity contribution in [3.05, 3.63) is 34.4 Å². The molecule has 92 valence electrons. The summed E-state index contributed by atoms with van der Waals surface area (Å²) in [6, 6.07) is 6.47. The molecule has 0 bridgehead atoms. The normalized spacial score (nSPS) is 24.7. The number of nitro benzene ring substituents is 1. The highest BCUT2D eigenvalue weighted by atomic mass is 16.6. The largest absolute Gasteiger partial charge is 0.388 e. The number of piperidine rings is 1. The van der Waals surface area contributed by atoms with E-state index in [-0.39, 0.29) is 5.69 Å². The molecule has 5 nitrogen and oxygen atoms in total. The highest BCUT2D eigenvalue weighted by Crippen LogP contribution is 2.26. The molecule has 0 aliphatic carbocycles. The highest BCUT2D eigenvalue weighted by molar-refractivity contribution is 5.51. The third-order valence-corrected chi connectivity index (χ3v) is 3.10. The predicted octanol–water partition coefficient (Wildman–Crippen LogP) is 1.95. The van der Waals surface area contributed by atoms with Crippen LogP contribution >= 0.6 is 0 Å². The number of nitrogens with zero attached hydrogens (tertiary/aromatic N) is 2. The second-order valence-corrected chi connectivity index (χ2v) is 4.80. The lowest BCUT2D eigenvalue weighted by Crippen LogP contribution is -2.46. The molecule has 1 saturated heterocycles.